The molecule has 0 aliphatic carbocycles. The molecule has 1 aromatic heterocycles. The van der Waals surface area contributed by atoms with E-state index in [4.69, 9.17) is 4.42 Å². The fourth-order valence-corrected chi connectivity index (χ4v) is 4.87. The lowest BCUT2D eigenvalue weighted by molar-refractivity contribution is -0.122. The molecule has 9 heteroatoms. The molecular weight excluding hydrogens is 346 g/mol. The van der Waals surface area contributed by atoms with Crippen molar-refractivity contribution in [3.8, 4) is 0 Å². The van der Waals surface area contributed by atoms with Crippen LogP contribution in [0.1, 0.15) is 23.4 Å². The highest BCUT2D eigenvalue weighted by Gasteiger charge is 2.29. The van der Waals surface area contributed by atoms with Crippen molar-refractivity contribution in [2.45, 2.75) is 18.9 Å². The highest BCUT2D eigenvalue weighted by molar-refractivity contribution is 7.91. The number of nitrogens with zero attached hydrogens (tertiary/aromatic N) is 2. The van der Waals surface area contributed by atoms with E-state index in [1.807, 2.05) is 0 Å². The van der Waals surface area contributed by atoms with Crippen LogP contribution < -0.4 is 5.32 Å². The molecule has 0 radical (unpaired) electrons. The Kier molecular flexibility index (Phi) is 5.43. The second kappa shape index (κ2) is 7.57. The fraction of sp³-hybridized carbons (Fsp3) is 0.625. The number of carbonyl (C=O) groups excluding carboxylic acids is 2. The molecule has 138 valence electrons. The van der Waals surface area contributed by atoms with Crippen molar-refractivity contribution in [1.82, 2.24) is 15.1 Å². The Morgan fingerprint density at radius 3 is 2.60 bits per heavy atom. The van der Waals surface area contributed by atoms with E-state index in [0.717, 1.165) is 0 Å². The van der Waals surface area contributed by atoms with Gasteiger partial charge in [0.05, 0.1) is 17.8 Å². The third kappa shape index (κ3) is 4.82. The van der Waals surface area contributed by atoms with E-state index in [0.29, 0.717) is 51.3 Å². The van der Waals surface area contributed by atoms with E-state index in [2.05, 4.69) is 10.2 Å². The number of piperazine rings is 1. The van der Waals surface area contributed by atoms with Gasteiger partial charge >= 0.3 is 0 Å². The van der Waals surface area contributed by atoms with Crippen LogP contribution >= 0.6 is 0 Å². The van der Waals surface area contributed by atoms with E-state index in [9.17, 15) is 18.0 Å². The maximum absolute atomic E-state index is 12.2. The molecule has 1 unspecified atom stereocenters. The molecule has 1 aromatic rings. The number of carbonyl (C=O) groups is 2. The Hall–Kier alpha value is -1.87. The molecule has 2 aliphatic rings. The molecule has 25 heavy (non-hydrogen) atoms. The van der Waals surface area contributed by atoms with Crippen molar-refractivity contribution in [1.29, 1.82) is 0 Å². The van der Waals surface area contributed by atoms with Gasteiger partial charge in [-0.1, -0.05) is 0 Å². The molecule has 2 aliphatic heterocycles. The van der Waals surface area contributed by atoms with Crippen LogP contribution in [0.2, 0.25) is 0 Å². The molecule has 2 amide bonds. The number of nitrogens with one attached hydrogen (secondary N) is 1. The summed E-state index contributed by atoms with van der Waals surface area (Å²) in [5.41, 5.74) is 0. The number of sulfone groups is 1. The van der Waals surface area contributed by atoms with Crippen molar-refractivity contribution in [2.75, 3.05) is 44.2 Å². The van der Waals surface area contributed by atoms with Crippen LogP contribution in [0.3, 0.4) is 0 Å². The Morgan fingerprint density at radius 2 is 2.00 bits per heavy atom. The van der Waals surface area contributed by atoms with Gasteiger partial charge in [-0.05, 0) is 18.6 Å². The average Bonchev–Trinajstić information content (AvgIpc) is 3.22. The lowest BCUT2D eigenvalue weighted by atomic mass is 10.2. The second-order valence-electron chi connectivity index (χ2n) is 6.53. The van der Waals surface area contributed by atoms with E-state index < -0.39 is 9.84 Å². The third-order valence-electron chi connectivity index (χ3n) is 4.64. The van der Waals surface area contributed by atoms with Gasteiger partial charge in [-0.25, -0.2) is 8.42 Å². The molecule has 0 saturated carbocycles. The van der Waals surface area contributed by atoms with Gasteiger partial charge in [0.15, 0.2) is 15.6 Å². The summed E-state index contributed by atoms with van der Waals surface area (Å²) >= 11 is 0. The smallest absolute Gasteiger partial charge is 0.289 e. The summed E-state index contributed by atoms with van der Waals surface area (Å²) in [5.74, 6) is 0.330. The lowest BCUT2D eigenvalue weighted by Crippen LogP contribution is -2.49. The van der Waals surface area contributed by atoms with Crippen LogP contribution in [0.25, 0.3) is 0 Å². The summed E-state index contributed by atoms with van der Waals surface area (Å²) < 4.78 is 27.9. The summed E-state index contributed by atoms with van der Waals surface area (Å²) in [6.07, 6.45) is 2.32. The minimum absolute atomic E-state index is 0.0479. The summed E-state index contributed by atoms with van der Waals surface area (Å²) in [6.45, 7) is 3.22. The highest BCUT2D eigenvalue weighted by atomic mass is 32.2. The van der Waals surface area contributed by atoms with E-state index >= 15 is 0 Å². The van der Waals surface area contributed by atoms with Crippen molar-refractivity contribution >= 4 is 21.7 Å². The van der Waals surface area contributed by atoms with Gasteiger partial charge in [0.25, 0.3) is 5.91 Å². The van der Waals surface area contributed by atoms with Gasteiger partial charge < -0.3 is 14.6 Å². The van der Waals surface area contributed by atoms with Crippen LogP contribution in [0.4, 0.5) is 0 Å². The standard InChI is InChI=1S/C16H23N3O5S/c20-15(17-13-4-11-25(22,23)12-13)3-5-18-6-8-19(9-7-18)16(21)14-2-1-10-24-14/h1-2,10,13H,3-9,11-12H2,(H,17,20). The number of hydrogen-bond acceptors (Lipinski definition) is 6. The first-order valence-corrected chi connectivity index (χ1v) is 10.3. The summed E-state index contributed by atoms with van der Waals surface area (Å²) in [6, 6.07) is 3.10. The first kappa shape index (κ1) is 17.9. The largest absolute Gasteiger partial charge is 0.459 e. The molecule has 3 rings (SSSR count). The van der Waals surface area contributed by atoms with Gasteiger partial charge in [-0.3, -0.25) is 14.5 Å². The predicted octanol–water partition coefficient (Wildman–Crippen LogP) is -0.269. The minimum atomic E-state index is -2.98. The Bertz CT molecular complexity index is 708. The average molecular weight is 369 g/mol. The minimum Gasteiger partial charge on any atom is -0.459 e. The quantitative estimate of drug-likeness (QED) is 0.767. The van der Waals surface area contributed by atoms with Crippen LogP contribution in [0, 0.1) is 0 Å². The molecule has 0 aromatic carbocycles. The maximum Gasteiger partial charge on any atom is 0.289 e. The van der Waals surface area contributed by atoms with Crippen molar-refractivity contribution in [3.63, 3.8) is 0 Å². The van der Waals surface area contributed by atoms with Crippen LogP contribution in [0.5, 0.6) is 0 Å². The molecule has 8 nitrogen and oxygen atoms in total. The van der Waals surface area contributed by atoms with Crippen LogP contribution in [-0.4, -0.2) is 80.3 Å². The molecule has 0 bridgehead atoms. The monoisotopic (exact) mass is 369 g/mol. The van der Waals surface area contributed by atoms with E-state index in [1.54, 1.807) is 17.0 Å². The number of amides is 2. The Morgan fingerprint density at radius 1 is 1.24 bits per heavy atom. The van der Waals surface area contributed by atoms with E-state index in [-0.39, 0.29) is 29.4 Å². The molecule has 2 saturated heterocycles. The first-order valence-electron chi connectivity index (χ1n) is 8.48. The van der Waals surface area contributed by atoms with Gasteiger partial charge in [0.1, 0.15) is 0 Å². The first-order chi connectivity index (χ1) is 11.9. The van der Waals surface area contributed by atoms with Gasteiger partial charge in [0, 0.05) is 45.2 Å². The topological polar surface area (TPSA) is 99.9 Å². The lowest BCUT2D eigenvalue weighted by Gasteiger charge is -2.34. The van der Waals surface area contributed by atoms with Gasteiger partial charge in [0.2, 0.25) is 5.91 Å². The Labute approximate surface area is 147 Å². The highest BCUT2D eigenvalue weighted by Crippen LogP contribution is 2.12. The number of hydrogen-bond donors (Lipinski definition) is 1. The SMILES string of the molecule is O=C(CCN1CCN(C(=O)c2ccco2)CC1)NC1CCS(=O)(=O)C1. The van der Waals surface area contributed by atoms with Crippen molar-refractivity contribution in [3.05, 3.63) is 24.2 Å². The molecule has 0 spiro atoms. The Balaban J connectivity index is 1.36. The predicted molar refractivity (Wildman–Crippen MR) is 90.9 cm³/mol. The van der Waals surface area contributed by atoms with Crippen molar-refractivity contribution in [2.24, 2.45) is 0 Å². The maximum atomic E-state index is 12.2. The van der Waals surface area contributed by atoms with Gasteiger partial charge in [-0.2, -0.15) is 0 Å². The van der Waals surface area contributed by atoms with Gasteiger partial charge in [-0.15, -0.1) is 0 Å². The second-order valence-corrected chi connectivity index (χ2v) is 8.76. The summed E-state index contributed by atoms with van der Waals surface area (Å²) in [4.78, 5) is 28.0. The number of furan rings is 1. The molecule has 1 atom stereocenters. The van der Waals surface area contributed by atoms with Crippen LogP contribution in [0.15, 0.2) is 22.8 Å². The molecular formula is C16H23N3O5S. The fourth-order valence-electron chi connectivity index (χ4n) is 3.20. The molecule has 2 fully saturated rings. The summed E-state index contributed by atoms with van der Waals surface area (Å²) in [5, 5.41) is 2.80. The zero-order valence-corrected chi connectivity index (χ0v) is 14.8. The third-order valence-corrected chi connectivity index (χ3v) is 6.41. The zero-order valence-electron chi connectivity index (χ0n) is 14.0. The normalized spacial score (nSPS) is 23.5. The molecule has 3 heterocycles. The van der Waals surface area contributed by atoms with E-state index in [1.165, 1.54) is 6.26 Å². The number of rotatable bonds is 5. The zero-order chi connectivity index (χ0) is 17.9. The van der Waals surface area contributed by atoms with Crippen LogP contribution in [-0.2, 0) is 14.6 Å². The van der Waals surface area contributed by atoms with Crippen molar-refractivity contribution < 1.29 is 22.4 Å². The summed E-state index contributed by atoms with van der Waals surface area (Å²) in [7, 11) is -2.98. The molecule has 1 N–H and O–H groups in total.